The molecule has 0 atom stereocenters. The molecule has 0 radical (unpaired) electrons. The summed E-state index contributed by atoms with van der Waals surface area (Å²) in [5.74, 6) is 1.14. The highest BCUT2D eigenvalue weighted by molar-refractivity contribution is 7.99. The van der Waals surface area contributed by atoms with Gasteiger partial charge in [0.05, 0.1) is 0 Å². The van der Waals surface area contributed by atoms with Gasteiger partial charge >= 0.3 is 5.82 Å². The maximum absolute atomic E-state index is 11.2. The lowest BCUT2D eigenvalue weighted by molar-refractivity contribution is -0.389. The molecule has 8 heteroatoms. The van der Waals surface area contributed by atoms with Gasteiger partial charge in [-0.1, -0.05) is 29.5 Å². The van der Waals surface area contributed by atoms with E-state index >= 15 is 0 Å². The van der Waals surface area contributed by atoms with Crippen LogP contribution < -0.4 is 5.32 Å². The van der Waals surface area contributed by atoms with Crippen molar-refractivity contribution in [1.82, 2.24) is 9.38 Å². The summed E-state index contributed by atoms with van der Waals surface area (Å²) in [6, 6.07) is 10.0. The first-order valence-electron chi connectivity index (χ1n) is 6.27. The van der Waals surface area contributed by atoms with Gasteiger partial charge in [0.15, 0.2) is 0 Å². The summed E-state index contributed by atoms with van der Waals surface area (Å²) >= 11 is 3.08. The number of thioether (sulfide) groups is 1. The van der Waals surface area contributed by atoms with Crippen molar-refractivity contribution in [2.75, 3.05) is 17.6 Å². The number of nitro groups is 1. The number of rotatable bonds is 6. The van der Waals surface area contributed by atoms with E-state index in [2.05, 4.69) is 10.3 Å². The first-order valence-corrected chi connectivity index (χ1v) is 8.14. The molecule has 1 aromatic carbocycles. The van der Waals surface area contributed by atoms with Gasteiger partial charge in [-0.15, -0.1) is 11.8 Å². The largest absolute Gasteiger partial charge is 0.372 e. The van der Waals surface area contributed by atoms with Gasteiger partial charge in [0.1, 0.15) is 6.20 Å². The van der Waals surface area contributed by atoms with Gasteiger partial charge < -0.3 is 15.4 Å². The number of nitrogens with zero attached hydrogens (tertiary/aromatic N) is 3. The van der Waals surface area contributed by atoms with E-state index in [-0.39, 0.29) is 5.82 Å². The minimum atomic E-state index is -0.403. The number of aromatic nitrogens is 2. The molecule has 0 aliphatic carbocycles. The summed E-state index contributed by atoms with van der Waals surface area (Å²) in [6.07, 6.45) is 1.66. The molecule has 3 rings (SSSR count). The molecular weight excluding hydrogens is 308 g/mol. The Labute approximate surface area is 129 Å². The van der Waals surface area contributed by atoms with Gasteiger partial charge in [-0.2, -0.15) is 9.38 Å². The third-order valence-electron chi connectivity index (χ3n) is 2.82. The minimum absolute atomic E-state index is 0.00374. The van der Waals surface area contributed by atoms with Crippen LogP contribution in [-0.4, -0.2) is 26.6 Å². The Kier molecular flexibility index (Phi) is 4.07. The molecule has 108 valence electrons. The van der Waals surface area contributed by atoms with E-state index < -0.39 is 4.92 Å². The maximum Gasteiger partial charge on any atom is 0.372 e. The highest BCUT2D eigenvalue weighted by Crippen LogP contribution is 2.28. The van der Waals surface area contributed by atoms with Crippen LogP contribution in [0.1, 0.15) is 0 Å². The molecule has 0 amide bonds. The maximum atomic E-state index is 11.2. The van der Waals surface area contributed by atoms with Crippen molar-refractivity contribution < 1.29 is 4.92 Å². The molecule has 2 heterocycles. The molecule has 0 saturated heterocycles. The Morgan fingerprint density at radius 1 is 1.38 bits per heavy atom. The van der Waals surface area contributed by atoms with Crippen molar-refractivity contribution in [3.8, 4) is 0 Å². The monoisotopic (exact) mass is 320 g/mol. The smallest absolute Gasteiger partial charge is 0.362 e. The SMILES string of the molecule is O=[N+]([O-])c1c(NCCSc2ccccc2)nc2sccn12. The predicted octanol–water partition coefficient (Wildman–Crippen LogP) is 3.51. The predicted molar refractivity (Wildman–Crippen MR) is 85.4 cm³/mol. The summed E-state index contributed by atoms with van der Waals surface area (Å²) in [5, 5.41) is 16.0. The lowest BCUT2D eigenvalue weighted by atomic mass is 10.4. The van der Waals surface area contributed by atoms with Crippen LogP contribution in [0.4, 0.5) is 11.6 Å². The number of hydrogen-bond donors (Lipinski definition) is 1. The number of imidazole rings is 1. The first kappa shape index (κ1) is 13.9. The van der Waals surface area contributed by atoms with Crippen molar-refractivity contribution in [2.24, 2.45) is 0 Å². The van der Waals surface area contributed by atoms with E-state index in [9.17, 15) is 10.1 Å². The van der Waals surface area contributed by atoms with Crippen LogP contribution in [0, 0.1) is 10.1 Å². The lowest BCUT2D eigenvalue weighted by Gasteiger charge is -2.03. The second kappa shape index (κ2) is 6.15. The molecule has 0 aliphatic rings. The van der Waals surface area contributed by atoms with E-state index in [4.69, 9.17) is 0 Å². The summed E-state index contributed by atoms with van der Waals surface area (Å²) in [7, 11) is 0. The number of fused-ring (bicyclic) bond motifs is 1. The van der Waals surface area contributed by atoms with Gasteiger partial charge in [-0.05, 0) is 17.1 Å². The zero-order valence-corrected chi connectivity index (χ0v) is 12.6. The zero-order valence-electron chi connectivity index (χ0n) is 10.9. The van der Waals surface area contributed by atoms with Crippen LogP contribution in [0.5, 0.6) is 0 Å². The van der Waals surface area contributed by atoms with Crippen LogP contribution in [-0.2, 0) is 0 Å². The topological polar surface area (TPSA) is 72.5 Å². The number of anilines is 1. The van der Waals surface area contributed by atoms with E-state index in [0.717, 1.165) is 5.75 Å². The molecule has 0 saturated carbocycles. The molecule has 21 heavy (non-hydrogen) atoms. The Balaban J connectivity index is 1.64. The average Bonchev–Trinajstić information content (AvgIpc) is 3.04. The minimum Gasteiger partial charge on any atom is -0.362 e. The van der Waals surface area contributed by atoms with Gasteiger partial charge in [0.2, 0.25) is 5.82 Å². The average molecular weight is 320 g/mol. The van der Waals surface area contributed by atoms with Crippen LogP contribution in [0.15, 0.2) is 46.8 Å². The van der Waals surface area contributed by atoms with Crippen molar-refractivity contribution in [1.29, 1.82) is 0 Å². The van der Waals surface area contributed by atoms with E-state index in [0.29, 0.717) is 17.3 Å². The Morgan fingerprint density at radius 3 is 2.95 bits per heavy atom. The molecule has 6 nitrogen and oxygen atoms in total. The van der Waals surface area contributed by atoms with Crippen molar-refractivity contribution in [3.63, 3.8) is 0 Å². The quantitative estimate of drug-likeness (QED) is 0.326. The summed E-state index contributed by atoms with van der Waals surface area (Å²) < 4.78 is 1.50. The fourth-order valence-corrected chi connectivity index (χ4v) is 3.42. The van der Waals surface area contributed by atoms with Gasteiger partial charge in [-0.3, -0.25) is 0 Å². The number of benzene rings is 1. The van der Waals surface area contributed by atoms with Gasteiger partial charge in [0, 0.05) is 22.6 Å². The molecule has 3 aromatic rings. The summed E-state index contributed by atoms with van der Waals surface area (Å²) in [4.78, 5) is 16.8. The molecule has 0 fully saturated rings. The van der Waals surface area contributed by atoms with Gasteiger partial charge in [0.25, 0.3) is 4.96 Å². The number of hydrogen-bond acceptors (Lipinski definition) is 6. The second-order valence-corrected chi connectivity index (χ2v) is 6.23. The Morgan fingerprint density at radius 2 is 2.19 bits per heavy atom. The van der Waals surface area contributed by atoms with Crippen molar-refractivity contribution in [3.05, 3.63) is 52.0 Å². The fraction of sp³-hybridized carbons (Fsp3) is 0.154. The molecule has 2 aromatic heterocycles. The molecule has 1 N–H and O–H groups in total. The van der Waals surface area contributed by atoms with Gasteiger partial charge in [-0.25, -0.2) is 0 Å². The zero-order chi connectivity index (χ0) is 14.7. The molecule has 0 unspecified atom stereocenters. The van der Waals surface area contributed by atoms with Crippen LogP contribution in [0.25, 0.3) is 4.96 Å². The molecule has 0 aliphatic heterocycles. The molecular formula is C13H12N4O2S2. The third kappa shape index (κ3) is 3.01. The summed E-state index contributed by atoms with van der Waals surface area (Å²) in [5.41, 5.74) is 0. The summed E-state index contributed by atoms with van der Waals surface area (Å²) in [6.45, 7) is 0.616. The normalized spacial score (nSPS) is 10.9. The lowest BCUT2D eigenvalue weighted by Crippen LogP contribution is -2.06. The molecule has 0 bridgehead atoms. The second-order valence-electron chi connectivity index (χ2n) is 4.18. The van der Waals surface area contributed by atoms with E-state index in [1.807, 2.05) is 30.3 Å². The third-order valence-corrected chi connectivity index (χ3v) is 4.59. The van der Waals surface area contributed by atoms with Crippen LogP contribution in [0.2, 0.25) is 0 Å². The molecule has 0 spiro atoms. The standard InChI is InChI=1S/C13H12N4O2S2/c18-17(19)12-11(15-13-16(12)7-9-21-13)14-6-8-20-10-4-2-1-3-5-10/h1-5,7,9,14H,6,8H2. The number of nitrogens with one attached hydrogen (secondary N) is 1. The van der Waals surface area contributed by atoms with Crippen molar-refractivity contribution in [2.45, 2.75) is 4.90 Å². The van der Waals surface area contributed by atoms with E-state index in [1.165, 1.54) is 20.6 Å². The van der Waals surface area contributed by atoms with E-state index in [1.54, 1.807) is 23.3 Å². The Hall–Kier alpha value is -2.06. The number of thiazole rings is 1. The highest BCUT2D eigenvalue weighted by atomic mass is 32.2. The van der Waals surface area contributed by atoms with Crippen LogP contribution in [0.3, 0.4) is 0 Å². The van der Waals surface area contributed by atoms with Crippen LogP contribution >= 0.6 is 23.1 Å². The fourth-order valence-electron chi connectivity index (χ4n) is 1.92. The first-order chi connectivity index (χ1) is 10.3. The van der Waals surface area contributed by atoms with Crippen molar-refractivity contribution >= 4 is 39.7 Å². The highest BCUT2D eigenvalue weighted by Gasteiger charge is 2.22. The Bertz CT molecular complexity index is 754.